The number of hydrogen-bond donors (Lipinski definition) is 3. The molecular formula is C12H17FN2O2. The van der Waals surface area contributed by atoms with Gasteiger partial charge in [0.05, 0.1) is 17.7 Å². The van der Waals surface area contributed by atoms with Gasteiger partial charge in [0.25, 0.3) is 5.91 Å². The molecule has 0 aromatic heterocycles. The first-order valence-electron chi connectivity index (χ1n) is 5.40. The molecule has 1 amide bonds. The molecule has 17 heavy (non-hydrogen) atoms. The highest BCUT2D eigenvalue weighted by molar-refractivity contribution is 5.95. The maximum atomic E-state index is 13.5. The van der Waals surface area contributed by atoms with E-state index in [9.17, 15) is 9.18 Å². The van der Waals surface area contributed by atoms with Gasteiger partial charge in [-0.15, -0.1) is 0 Å². The highest BCUT2D eigenvalue weighted by atomic mass is 19.1. The van der Waals surface area contributed by atoms with Crippen LogP contribution in [0.5, 0.6) is 0 Å². The Morgan fingerprint density at radius 2 is 2.24 bits per heavy atom. The van der Waals surface area contributed by atoms with Crippen LogP contribution >= 0.6 is 0 Å². The predicted molar refractivity (Wildman–Crippen MR) is 64.1 cm³/mol. The van der Waals surface area contributed by atoms with Crippen molar-refractivity contribution in [2.45, 2.75) is 25.8 Å². The van der Waals surface area contributed by atoms with E-state index in [0.29, 0.717) is 6.42 Å². The highest BCUT2D eigenvalue weighted by Gasteiger charge is 2.25. The maximum Gasteiger partial charge on any atom is 0.254 e. The van der Waals surface area contributed by atoms with Crippen LogP contribution in [0.4, 0.5) is 10.1 Å². The molecule has 5 heteroatoms. The fourth-order valence-electron chi connectivity index (χ4n) is 1.30. The summed E-state index contributed by atoms with van der Waals surface area (Å²) in [6.45, 7) is 3.32. The number of nitrogens with one attached hydrogen (secondary N) is 1. The molecule has 0 saturated heterocycles. The van der Waals surface area contributed by atoms with Crippen molar-refractivity contribution in [3.05, 3.63) is 29.6 Å². The summed E-state index contributed by atoms with van der Waals surface area (Å²) in [4.78, 5) is 11.8. The smallest absolute Gasteiger partial charge is 0.254 e. The minimum Gasteiger partial charge on any atom is -0.399 e. The SMILES string of the molecule is CCC(C)(CO)NC(=O)c1ccc(N)cc1F. The number of anilines is 1. The second kappa shape index (κ2) is 5.14. The first-order chi connectivity index (χ1) is 7.91. The van der Waals surface area contributed by atoms with Crippen LogP contribution in [0.2, 0.25) is 0 Å². The van der Waals surface area contributed by atoms with Crippen molar-refractivity contribution >= 4 is 11.6 Å². The molecule has 1 unspecified atom stereocenters. The molecule has 0 saturated carbocycles. The van der Waals surface area contributed by atoms with Crippen molar-refractivity contribution in [3.63, 3.8) is 0 Å². The Bertz CT molecular complexity index is 417. The van der Waals surface area contributed by atoms with Crippen LogP contribution in [0.3, 0.4) is 0 Å². The molecule has 0 radical (unpaired) electrons. The van der Waals surface area contributed by atoms with Gasteiger partial charge in [-0.2, -0.15) is 0 Å². The van der Waals surface area contributed by atoms with Gasteiger partial charge in [-0.05, 0) is 31.5 Å². The normalized spacial score (nSPS) is 14.1. The van der Waals surface area contributed by atoms with Crippen molar-refractivity contribution < 1.29 is 14.3 Å². The molecule has 94 valence electrons. The molecule has 1 rings (SSSR count). The van der Waals surface area contributed by atoms with Gasteiger partial charge in [0.15, 0.2) is 0 Å². The van der Waals surface area contributed by atoms with E-state index in [1.165, 1.54) is 12.1 Å². The number of carbonyl (C=O) groups excluding carboxylic acids is 1. The Hall–Kier alpha value is -1.62. The lowest BCUT2D eigenvalue weighted by Crippen LogP contribution is -2.48. The molecule has 1 aromatic carbocycles. The van der Waals surface area contributed by atoms with Crippen LogP contribution in [-0.2, 0) is 0 Å². The number of nitrogen functional groups attached to an aromatic ring is 1. The lowest BCUT2D eigenvalue weighted by atomic mass is 9.99. The molecule has 4 nitrogen and oxygen atoms in total. The lowest BCUT2D eigenvalue weighted by Gasteiger charge is -2.27. The predicted octanol–water partition coefficient (Wildman–Crippen LogP) is 1.30. The molecule has 0 spiro atoms. The summed E-state index contributed by atoms with van der Waals surface area (Å²) in [6.07, 6.45) is 0.547. The first-order valence-corrected chi connectivity index (χ1v) is 5.40. The van der Waals surface area contributed by atoms with Gasteiger partial charge < -0.3 is 16.2 Å². The van der Waals surface area contributed by atoms with Gasteiger partial charge in [0.1, 0.15) is 5.82 Å². The summed E-state index contributed by atoms with van der Waals surface area (Å²) < 4.78 is 13.5. The van der Waals surface area contributed by atoms with Crippen LogP contribution in [0.1, 0.15) is 30.6 Å². The number of amides is 1. The molecule has 0 aliphatic rings. The Labute approximate surface area is 99.6 Å². The van der Waals surface area contributed by atoms with Gasteiger partial charge in [-0.3, -0.25) is 4.79 Å². The number of rotatable bonds is 4. The molecule has 0 heterocycles. The van der Waals surface area contributed by atoms with E-state index in [1.807, 2.05) is 6.92 Å². The molecule has 0 bridgehead atoms. The average Bonchev–Trinajstić information content (AvgIpc) is 2.28. The maximum absolute atomic E-state index is 13.5. The summed E-state index contributed by atoms with van der Waals surface area (Å²) in [6, 6.07) is 3.88. The van der Waals surface area contributed by atoms with E-state index < -0.39 is 17.3 Å². The first kappa shape index (κ1) is 13.4. The van der Waals surface area contributed by atoms with E-state index in [2.05, 4.69) is 5.32 Å². The molecule has 1 atom stereocenters. The minimum atomic E-state index is -0.745. The van der Waals surface area contributed by atoms with E-state index >= 15 is 0 Å². The Balaban J connectivity index is 2.90. The summed E-state index contributed by atoms with van der Waals surface area (Å²) in [5, 5.41) is 11.8. The molecule has 1 aromatic rings. The summed E-state index contributed by atoms with van der Waals surface area (Å²) in [5.74, 6) is -1.22. The third-order valence-electron chi connectivity index (χ3n) is 2.78. The van der Waals surface area contributed by atoms with E-state index in [0.717, 1.165) is 6.07 Å². The Morgan fingerprint density at radius 3 is 2.71 bits per heavy atom. The molecule has 0 aliphatic heterocycles. The fraction of sp³-hybridized carbons (Fsp3) is 0.417. The number of aliphatic hydroxyl groups excluding tert-OH is 1. The van der Waals surface area contributed by atoms with E-state index in [4.69, 9.17) is 10.8 Å². The van der Waals surface area contributed by atoms with Crippen molar-refractivity contribution in [3.8, 4) is 0 Å². The zero-order valence-corrected chi connectivity index (χ0v) is 9.96. The van der Waals surface area contributed by atoms with Crippen LogP contribution in [-0.4, -0.2) is 23.2 Å². The standard InChI is InChI=1S/C12H17FN2O2/c1-3-12(2,7-16)15-11(17)9-5-4-8(14)6-10(9)13/h4-6,16H,3,7,14H2,1-2H3,(H,15,17). The number of carbonyl (C=O) groups is 1. The monoisotopic (exact) mass is 240 g/mol. The Kier molecular flexibility index (Phi) is 4.07. The number of halogens is 1. The van der Waals surface area contributed by atoms with Crippen molar-refractivity contribution in [2.75, 3.05) is 12.3 Å². The second-order valence-electron chi connectivity index (χ2n) is 4.27. The van der Waals surface area contributed by atoms with Gasteiger partial charge >= 0.3 is 0 Å². The van der Waals surface area contributed by atoms with Crippen LogP contribution in [0.25, 0.3) is 0 Å². The molecule has 0 aliphatic carbocycles. The van der Waals surface area contributed by atoms with Crippen molar-refractivity contribution in [1.82, 2.24) is 5.32 Å². The van der Waals surface area contributed by atoms with E-state index in [-0.39, 0.29) is 17.9 Å². The third-order valence-corrected chi connectivity index (χ3v) is 2.78. The molecule has 0 fully saturated rings. The molecular weight excluding hydrogens is 223 g/mol. The van der Waals surface area contributed by atoms with Crippen LogP contribution in [0.15, 0.2) is 18.2 Å². The van der Waals surface area contributed by atoms with Crippen LogP contribution in [0, 0.1) is 5.82 Å². The Morgan fingerprint density at radius 1 is 1.59 bits per heavy atom. The largest absolute Gasteiger partial charge is 0.399 e. The quantitative estimate of drug-likeness (QED) is 0.694. The van der Waals surface area contributed by atoms with Crippen LogP contribution < -0.4 is 11.1 Å². The number of aliphatic hydroxyl groups is 1. The highest BCUT2D eigenvalue weighted by Crippen LogP contribution is 2.14. The summed E-state index contributed by atoms with van der Waals surface area (Å²) >= 11 is 0. The van der Waals surface area contributed by atoms with Gasteiger partial charge in [-0.25, -0.2) is 4.39 Å². The van der Waals surface area contributed by atoms with Gasteiger partial charge in [-0.1, -0.05) is 6.92 Å². The third kappa shape index (κ3) is 3.17. The average molecular weight is 240 g/mol. The lowest BCUT2D eigenvalue weighted by molar-refractivity contribution is 0.0843. The number of hydrogen-bond acceptors (Lipinski definition) is 3. The van der Waals surface area contributed by atoms with Crippen molar-refractivity contribution in [2.24, 2.45) is 0 Å². The zero-order chi connectivity index (χ0) is 13.1. The number of nitrogens with two attached hydrogens (primary N) is 1. The van der Waals surface area contributed by atoms with Gasteiger partial charge in [0.2, 0.25) is 0 Å². The summed E-state index contributed by atoms with van der Waals surface area (Å²) in [5.41, 5.74) is 4.84. The second-order valence-corrected chi connectivity index (χ2v) is 4.27. The number of benzene rings is 1. The van der Waals surface area contributed by atoms with Gasteiger partial charge in [0, 0.05) is 5.69 Å². The minimum absolute atomic E-state index is 0.0766. The van der Waals surface area contributed by atoms with Crippen molar-refractivity contribution in [1.29, 1.82) is 0 Å². The summed E-state index contributed by atoms with van der Waals surface area (Å²) in [7, 11) is 0. The zero-order valence-electron chi connectivity index (χ0n) is 9.96. The van der Waals surface area contributed by atoms with E-state index in [1.54, 1.807) is 6.92 Å². The fourth-order valence-corrected chi connectivity index (χ4v) is 1.30. The molecule has 4 N–H and O–H groups in total. The topological polar surface area (TPSA) is 75.3 Å².